The summed E-state index contributed by atoms with van der Waals surface area (Å²) in [6.07, 6.45) is 6.64. The molecule has 1 fully saturated rings. The maximum Gasteiger partial charge on any atom is 0.316 e. The van der Waals surface area contributed by atoms with Crippen molar-refractivity contribution in [3.8, 4) is 6.01 Å². The van der Waals surface area contributed by atoms with Gasteiger partial charge in [0.15, 0.2) is 11.6 Å². The molecule has 1 unspecified atom stereocenters. The number of rotatable bonds is 3. The summed E-state index contributed by atoms with van der Waals surface area (Å²) >= 11 is 0. The predicted molar refractivity (Wildman–Crippen MR) is 70.0 cm³/mol. The van der Waals surface area contributed by atoms with Gasteiger partial charge in [-0.3, -0.25) is 0 Å². The Labute approximate surface area is 115 Å². The minimum absolute atomic E-state index is 0.0629. The molecule has 0 bridgehead atoms. The lowest BCUT2D eigenvalue weighted by Crippen LogP contribution is -2.26. The van der Waals surface area contributed by atoms with Crippen LogP contribution < -0.4 is 9.64 Å². The Balaban J connectivity index is 1.65. The minimum Gasteiger partial charge on any atom is -0.458 e. The number of halogens is 1. The van der Waals surface area contributed by atoms with Crippen molar-refractivity contribution in [1.29, 1.82) is 0 Å². The van der Waals surface area contributed by atoms with Crippen molar-refractivity contribution in [1.82, 2.24) is 19.9 Å². The maximum absolute atomic E-state index is 13.6. The van der Waals surface area contributed by atoms with Gasteiger partial charge in [0.1, 0.15) is 12.4 Å². The van der Waals surface area contributed by atoms with Crippen LogP contribution in [-0.2, 0) is 0 Å². The first-order valence-electron chi connectivity index (χ1n) is 6.38. The molecule has 7 heteroatoms. The van der Waals surface area contributed by atoms with Gasteiger partial charge in [-0.1, -0.05) is 0 Å². The van der Waals surface area contributed by atoms with Crippen LogP contribution in [0.5, 0.6) is 6.01 Å². The minimum atomic E-state index is -0.417. The second-order valence-electron chi connectivity index (χ2n) is 4.71. The van der Waals surface area contributed by atoms with E-state index in [-0.39, 0.29) is 6.10 Å². The number of ether oxygens (including phenoxy) is 1. The lowest BCUT2D eigenvalue weighted by molar-refractivity contribution is 0.206. The summed E-state index contributed by atoms with van der Waals surface area (Å²) in [5.74, 6) is -0.101. The van der Waals surface area contributed by atoms with Gasteiger partial charge in [-0.05, 0) is 12.5 Å². The number of aromatic nitrogens is 4. The van der Waals surface area contributed by atoms with Crippen molar-refractivity contribution < 1.29 is 9.13 Å². The fourth-order valence-corrected chi connectivity index (χ4v) is 2.15. The second-order valence-corrected chi connectivity index (χ2v) is 4.71. The summed E-state index contributed by atoms with van der Waals surface area (Å²) in [4.78, 5) is 17.7. The summed E-state index contributed by atoms with van der Waals surface area (Å²) < 4.78 is 19.3. The van der Waals surface area contributed by atoms with E-state index in [1.54, 1.807) is 12.4 Å². The molecule has 0 spiro atoms. The first-order chi connectivity index (χ1) is 9.72. The zero-order valence-corrected chi connectivity index (χ0v) is 11.0. The number of aryl methyl sites for hydroxylation is 1. The van der Waals surface area contributed by atoms with E-state index < -0.39 is 5.82 Å². The molecule has 0 aromatic carbocycles. The first kappa shape index (κ1) is 12.7. The molecule has 1 saturated heterocycles. The third-order valence-corrected chi connectivity index (χ3v) is 3.12. The normalized spacial score (nSPS) is 18.3. The summed E-state index contributed by atoms with van der Waals surface area (Å²) in [7, 11) is 0. The van der Waals surface area contributed by atoms with E-state index in [1.807, 2.05) is 11.8 Å². The Hall–Kier alpha value is -2.31. The molecule has 3 rings (SSSR count). The SMILES string of the molecule is Cc1cnc(OC2CCN(c3ncncc3F)C2)nc1. The molecule has 2 aromatic heterocycles. The number of hydrogen-bond donors (Lipinski definition) is 0. The van der Waals surface area contributed by atoms with Crippen LogP contribution in [0.4, 0.5) is 10.2 Å². The molecule has 1 aliphatic rings. The van der Waals surface area contributed by atoms with Crippen LogP contribution in [0.2, 0.25) is 0 Å². The smallest absolute Gasteiger partial charge is 0.316 e. The molecule has 0 amide bonds. The predicted octanol–water partition coefficient (Wildman–Crippen LogP) is 1.37. The molecule has 0 radical (unpaired) electrons. The fourth-order valence-electron chi connectivity index (χ4n) is 2.15. The van der Waals surface area contributed by atoms with Gasteiger partial charge in [0.2, 0.25) is 0 Å². The van der Waals surface area contributed by atoms with Gasteiger partial charge in [-0.25, -0.2) is 24.3 Å². The van der Waals surface area contributed by atoms with Gasteiger partial charge in [-0.15, -0.1) is 0 Å². The average molecular weight is 275 g/mol. The van der Waals surface area contributed by atoms with Crippen LogP contribution in [0.25, 0.3) is 0 Å². The van der Waals surface area contributed by atoms with Gasteiger partial charge >= 0.3 is 6.01 Å². The number of anilines is 1. The highest BCUT2D eigenvalue weighted by Crippen LogP contribution is 2.22. The van der Waals surface area contributed by atoms with Crippen molar-refractivity contribution in [2.24, 2.45) is 0 Å². The van der Waals surface area contributed by atoms with Crippen LogP contribution in [0.1, 0.15) is 12.0 Å². The van der Waals surface area contributed by atoms with Gasteiger partial charge in [0.05, 0.1) is 12.7 Å². The first-order valence-corrected chi connectivity index (χ1v) is 6.38. The van der Waals surface area contributed by atoms with Gasteiger partial charge in [0, 0.05) is 25.4 Å². The lowest BCUT2D eigenvalue weighted by Gasteiger charge is -2.17. The highest BCUT2D eigenvalue weighted by atomic mass is 19.1. The lowest BCUT2D eigenvalue weighted by atomic mass is 10.3. The largest absolute Gasteiger partial charge is 0.458 e. The van der Waals surface area contributed by atoms with Crippen LogP contribution in [0, 0.1) is 12.7 Å². The van der Waals surface area contributed by atoms with Gasteiger partial charge in [-0.2, -0.15) is 0 Å². The Kier molecular flexibility index (Phi) is 3.41. The molecular formula is C13H14FN5O. The molecular weight excluding hydrogens is 261 g/mol. The molecule has 2 aromatic rings. The van der Waals surface area contributed by atoms with E-state index in [1.165, 1.54) is 12.5 Å². The molecule has 104 valence electrons. The Morgan fingerprint density at radius 3 is 2.80 bits per heavy atom. The molecule has 0 saturated carbocycles. The molecule has 0 aliphatic carbocycles. The quantitative estimate of drug-likeness (QED) is 0.843. The molecule has 3 heterocycles. The van der Waals surface area contributed by atoms with Crippen molar-refractivity contribution in [3.05, 3.63) is 36.3 Å². The fraction of sp³-hybridized carbons (Fsp3) is 0.385. The second kappa shape index (κ2) is 5.36. The average Bonchev–Trinajstić information content (AvgIpc) is 2.90. The van der Waals surface area contributed by atoms with Crippen molar-refractivity contribution in [3.63, 3.8) is 0 Å². The van der Waals surface area contributed by atoms with Gasteiger partial charge < -0.3 is 9.64 Å². The van der Waals surface area contributed by atoms with E-state index in [2.05, 4.69) is 19.9 Å². The van der Waals surface area contributed by atoms with Crippen LogP contribution in [0.15, 0.2) is 24.9 Å². The van der Waals surface area contributed by atoms with Crippen molar-refractivity contribution >= 4 is 5.82 Å². The molecule has 6 nitrogen and oxygen atoms in total. The summed E-state index contributed by atoms with van der Waals surface area (Å²) in [5, 5.41) is 0. The maximum atomic E-state index is 13.6. The van der Waals surface area contributed by atoms with Crippen LogP contribution in [-0.4, -0.2) is 39.1 Å². The van der Waals surface area contributed by atoms with Crippen molar-refractivity contribution in [2.75, 3.05) is 18.0 Å². The third-order valence-electron chi connectivity index (χ3n) is 3.12. The Morgan fingerprint density at radius 1 is 1.25 bits per heavy atom. The zero-order chi connectivity index (χ0) is 13.9. The van der Waals surface area contributed by atoms with E-state index in [9.17, 15) is 4.39 Å². The highest BCUT2D eigenvalue weighted by Gasteiger charge is 2.27. The summed E-state index contributed by atoms with van der Waals surface area (Å²) in [6, 6.07) is 0.352. The molecule has 1 aliphatic heterocycles. The van der Waals surface area contributed by atoms with E-state index in [0.717, 1.165) is 12.0 Å². The van der Waals surface area contributed by atoms with Crippen LogP contribution >= 0.6 is 0 Å². The zero-order valence-electron chi connectivity index (χ0n) is 11.0. The standard InChI is InChI=1S/C13H14FN5O/c1-9-4-16-13(17-5-9)20-10-2-3-19(7-10)12-11(14)6-15-8-18-12/h4-6,8,10H,2-3,7H2,1H3. The van der Waals surface area contributed by atoms with Crippen molar-refractivity contribution in [2.45, 2.75) is 19.4 Å². The van der Waals surface area contributed by atoms with E-state index >= 15 is 0 Å². The Morgan fingerprint density at radius 2 is 2.05 bits per heavy atom. The molecule has 1 atom stereocenters. The molecule has 20 heavy (non-hydrogen) atoms. The van der Waals surface area contributed by atoms with Crippen LogP contribution in [0.3, 0.4) is 0 Å². The number of nitrogens with zero attached hydrogens (tertiary/aromatic N) is 5. The number of hydrogen-bond acceptors (Lipinski definition) is 6. The third kappa shape index (κ3) is 2.66. The summed E-state index contributed by atoms with van der Waals surface area (Å²) in [6.45, 7) is 3.16. The Bertz CT molecular complexity index is 592. The topological polar surface area (TPSA) is 64.0 Å². The highest BCUT2D eigenvalue weighted by molar-refractivity contribution is 5.39. The summed E-state index contributed by atoms with van der Waals surface area (Å²) in [5.41, 5.74) is 0.980. The van der Waals surface area contributed by atoms with Gasteiger partial charge in [0.25, 0.3) is 0 Å². The van der Waals surface area contributed by atoms with E-state index in [4.69, 9.17) is 4.74 Å². The monoisotopic (exact) mass is 275 g/mol. The molecule has 0 N–H and O–H groups in total. The van der Waals surface area contributed by atoms with E-state index in [0.29, 0.717) is 24.9 Å².